The Hall–Kier alpha value is -1.66. The Kier molecular flexibility index (Phi) is 4.70. The minimum absolute atomic E-state index is 0.201. The van der Waals surface area contributed by atoms with Gasteiger partial charge in [-0.05, 0) is 19.1 Å². The van der Waals surface area contributed by atoms with Gasteiger partial charge in [-0.2, -0.15) is 0 Å². The van der Waals surface area contributed by atoms with E-state index in [9.17, 15) is 4.79 Å². The van der Waals surface area contributed by atoms with Crippen molar-refractivity contribution in [1.29, 1.82) is 0 Å². The van der Waals surface area contributed by atoms with Gasteiger partial charge in [0, 0.05) is 12.6 Å². The summed E-state index contributed by atoms with van der Waals surface area (Å²) in [4.78, 5) is 15.7. The lowest BCUT2D eigenvalue weighted by Gasteiger charge is -2.01. The molecule has 0 aliphatic rings. The summed E-state index contributed by atoms with van der Waals surface area (Å²) in [5, 5.41) is 3.96. The van der Waals surface area contributed by atoms with Crippen LogP contribution < -0.4 is 10.1 Å². The average molecular weight is 280 g/mol. The Labute approximate surface area is 115 Å². The molecule has 0 unspecified atom stereocenters. The molecule has 0 saturated heterocycles. The second kappa shape index (κ2) is 6.49. The molecular weight excluding hydrogens is 264 g/mol. The molecule has 1 heterocycles. The summed E-state index contributed by atoms with van der Waals surface area (Å²) in [6.07, 6.45) is 0. The van der Waals surface area contributed by atoms with Crippen molar-refractivity contribution < 1.29 is 14.3 Å². The van der Waals surface area contributed by atoms with Crippen molar-refractivity contribution in [3.05, 3.63) is 23.2 Å². The maximum Gasteiger partial charge on any atom is 0.319 e. The van der Waals surface area contributed by atoms with Gasteiger partial charge in [-0.1, -0.05) is 0 Å². The first-order valence-corrected chi connectivity index (χ1v) is 6.84. The van der Waals surface area contributed by atoms with Crippen LogP contribution in [0.4, 0.5) is 0 Å². The average Bonchev–Trinajstić information content (AvgIpc) is 2.80. The van der Waals surface area contributed by atoms with E-state index in [2.05, 4.69) is 10.3 Å². The highest BCUT2D eigenvalue weighted by molar-refractivity contribution is 7.18. The molecule has 19 heavy (non-hydrogen) atoms. The van der Waals surface area contributed by atoms with Gasteiger partial charge in [-0.15, -0.1) is 11.3 Å². The van der Waals surface area contributed by atoms with Gasteiger partial charge in [-0.3, -0.25) is 4.79 Å². The molecular formula is C13H16N2O3S. The van der Waals surface area contributed by atoms with Crippen LogP contribution in [0.15, 0.2) is 18.2 Å². The predicted octanol–water partition coefficient (Wildman–Crippen LogP) is 1.96. The van der Waals surface area contributed by atoms with E-state index in [-0.39, 0.29) is 12.5 Å². The number of fused-ring (bicyclic) bond motifs is 1. The Morgan fingerprint density at radius 2 is 2.32 bits per heavy atom. The van der Waals surface area contributed by atoms with Crippen LogP contribution in [0.1, 0.15) is 11.9 Å². The van der Waals surface area contributed by atoms with Crippen LogP contribution in [0.2, 0.25) is 0 Å². The number of methoxy groups -OCH3 is 1. The van der Waals surface area contributed by atoms with Crippen LogP contribution in [0.25, 0.3) is 10.2 Å². The first-order chi connectivity index (χ1) is 9.22. The Balaban J connectivity index is 1.96. The van der Waals surface area contributed by atoms with Crippen LogP contribution >= 0.6 is 11.3 Å². The molecule has 2 rings (SSSR count). The third-order valence-electron chi connectivity index (χ3n) is 2.49. The fraction of sp³-hybridized carbons (Fsp3) is 0.385. The number of thiazole rings is 1. The Morgan fingerprint density at radius 1 is 1.47 bits per heavy atom. The first-order valence-electron chi connectivity index (χ1n) is 6.02. The number of esters is 1. The maximum atomic E-state index is 11.2. The fourth-order valence-corrected chi connectivity index (χ4v) is 2.56. The molecule has 0 fully saturated rings. The van der Waals surface area contributed by atoms with Gasteiger partial charge in [0.1, 0.15) is 10.8 Å². The second-order valence-corrected chi connectivity index (χ2v) is 4.97. The standard InChI is InChI=1S/C13H16N2O3S/c1-3-18-13(16)8-14-7-12-15-10-6-9(17-2)4-5-11(10)19-12/h4-6,14H,3,7-8H2,1-2H3. The third-order valence-corrected chi connectivity index (χ3v) is 3.53. The topological polar surface area (TPSA) is 60.5 Å². The van der Waals surface area contributed by atoms with Crippen LogP contribution in [0.5, 0.6) is 5.75 Å². The van der Waals surface area contributed by atoms with Gasteiger partial charge in [0.05, 0.1) is 30.5 Å². The number of hydrogen-bond acceptors (Lipinski definition) is 6. The summed E-state index contributed by atoms with van der Waals surface area (Å²) in [6.45, 7) is 2.95. The molecule has 0 aliphatic carbocycles. The number of ether oxygens (including phenoxy) is 2. The number of carbonyl (C=O) groups excluding carboxylic acids is 1. The maximum absolute atomic E-state index is 11.2. The molecule has 0 atom stereocenters. The normalized spacial score (nSPS) is 10.6. The minimum Gasteiger partial charge on any atom is -0.497 e. The lowest BCUT2D eigenvalue weighted by molar-refractivity contribution is -0.142. The fourth-order valence-electron chi connectivity index (χ4n) is 1.64. The molecule has 6 heteroatoms. The summed E-state index contributed by atoms with van der Waals surface area (Å²) in [5.74, 6) is 0.550. The lowest BCUT2D eigenvalue weighted by atomic mass is 10.3. The van der Waals surface area contributed by atoms with Crippen LogP contribution in [0, 0.1) is 0 Å². The van der Waals surface area contributed by atoms with Gasteiger partial charge in [0.25, 0.3) is 0 Å². The summed E-state index contributed by atoms with van der Waals surface area (Å²) >= 11 is 1.60. The predicted molar refractivity (Wildman–Crippen MR) is 74.5 cm³/mol. The monoisotopic (exact) mass is 280 g/mol. The quantitative estimate of drug-likeness (QED) is 0.820. The zero-order valence-corrected chi connectivity index (χ0v) is 11.8. The molecule has 1 aromatic heterocycles. The summed E-state index contributed by atoms with van der Waals surface area (Å²) in [7, 11) is 1.63. The Morgan fingerprint density at radius 3 is 3.05 bits per heavy atom. The number of nitrogens with zero attached hydrogens (tertiary/aromatic N) is 1. The van der Waals surface area contributed by atoms with E-state index in [1.807, 2.05) is 18.2 Å². The highest BCUT2D eigenvalue weighted by Crippen LogP contribution is 2.25. The van der Waals surface area contributed by atoms with Gasteiger partial charge < -0.3 is 14.8 Å². The van der Waals surface area contributed by atoms with Crippen molar-refractivity contribution in [3.8, 4) is 5.75 Å². The SMILES string of the molecule is CCOC(=O)CNCc1nc2cc(OC)ccc2s1. The number of carbonyl (C=O) groups is 1. The number of rotatable bonds is 6. The zero-order chi connectivity index (χ0) is 13.7. The largest absolute Gasteiger partial charge is 0.497 e. The molecule has 5 nitrogen and oxygen atoms in total. The molecule has 1 N–H and O–H groups in total. The zero-order valence-electron chi connectivity index (χ0n) is 10.9. The highest BCUT2D eigenvalue weighted by Gasteiger charge is 2.06. The second-order valence-electron chi connectivity index (χ2n) is 3.85. The van der Waals surface area contributed by atoms with Crippen molar-refractivity contribution in [2.75, 3.05) is 20.3 Å². The van der Waals surface area contributed by atoms with Crippen LogP contribution in [-0.4, -0.2) is 31.2 Å². The molecule has 0 bridgehead atoms. The molecule has 1 aromatic carbocycles. The molecule has 0 spiro atoms. The van der Waals surface area contributed by atoms with Crippen molar-refractivity contribution in [1.82, 2.24) is 10.3 Å². The van der Waals surface area contributed by atoms with Crippen LogP contribution in [-0.2, 0) is 16.1 Å². The van der Waals surface area contributed by atoms with Gasteiger partial charge in [-0.25, -0.2) is 4.98 Å². The molecule has 0 amide bonds. The number of aromatic nitrogens is 1. The highest BCUT2D eigenvalue weighted by atomic mass is 32.1. The number of nitrogens with one attached hydrogen (secondary N) is 1. The minimum atomic E-state index is -0.245. The van der Waals surface area contributed by atoms with E-state index in [0.29, 0.717) is 13.2 Å². The van der Waals surface area contributed by atoms with Crippen molar-refractivity contribution >= 4 is 27.5 Å². The summed E-state index contributed by atoms with van der Waals surface area (Å²) < 4.78 is 11.1. The third kappa shape index (κ3) is 3.65. The van der Waals surface area contributed by atoms with E-state index in [1.54, 1.807) is 25.4 Å². The number of benzene rings is 1. The van der Waals surface area contributed by atoms with Crippen LogP contribution in [0.3, 0.4) is 0 Å². The van der Waals surface area contributed by atoms with Crippen molar-refractivity contribution in [2.45, 2.75) is 13.5 Å². The molecule has 102 valence electrons. The van der Waals surface area contributed by atoms with E-state index >= 15 is 0 Å². The van der Waals surface area contributed by atoms with E-state index in [1.165, 1.54) is 0 Å². The van der Waals surface area contributed by atoms with Gasteiger partial charge in [0.15, 0.2) is 0 Å². The first kappa shape index (κ1) is 13.8. The molecule has 0 saturated carbocycles. The summed E-state index contributed by atoms with van der Waals surface area (Å²) in [6, 6.07) is 5.80. The molecule has 0 radical (unpaired) electrons. The van der Waals surface area contributed by atoms with Gasteiger partial charge >= 0.3 is 5.97 Å². The Bertz CT molecular complexity index is 568. The van der Waals surface area contributed by atoms with E-state index in [4.69, 9.17) is 9.47 Å². The summed E-state index contributed by atoms with van der Waals surface area (Å²) in [5.41, 5.74) is 0.914. The van der Waals surface area contributed by atoms with E-state index in [0.717, 1.165) is 21.0 Å². The smallest absolute Gasteiger partial charge is 0.319 e. The van der Waals surface area contributed by atoms with Crippen molar-refractivity contribution in [2.24, 2.45) is 0 Å². The molecule has 2 aromatic rings. The van der Waals surface area contributed by atoms with Crippen molar-refractivity contribution in [3.63, 3.8) is 0 Å². The molecule has 0 aliphatic heterocycles. The van der Waals surface area contributed by atoms with Gasteiger partial charge in [0.2, 0.25) is 0 Å². The number of hydrogen-bond donors (Lipinski definition) is 1. The lowest BCUT2D eigenvalue weighted by Crippen LogP contribution is -2.24. The van der Waals surface area contributed by atoms with E-state index < -0.39 is 0 Å².